The van der Waals surface area contributed by atoms with E-state index in [4.69, 9.17) is 13.9 Å². The van der Waals surface area contributed by atoms with Crippen LogP contribution in [0.2, 0.25) is 0 Å². The number of ether oxygens (including phenoxy) is 2. The molecule has 0 spiro atoms. The molecule has 94 valence electrons. The van der Waals surface area contributed by atoms with Gasteiger partial charge in [-0.1, -0.05) is 12.1 Å². The molecule has 19 heavy (non-hydrogen) atoms. The van der Waals surface area contributed by atoms with Gasteiger partial charge in [0.05, 0.1) is 5.56 Å². The number of hydrogen-bond acceptors (Lipinski definition) is 4. The summed E-state index contributed by atoms with van der Waals surface area (Å²) in [5, 5.41) is 10.8. The van der Waals surface area contributed by atoms with Gasteiger partial charge in [0.1, 0.15) is 17.1 Å². The molecule has 4 nitrogen and oxygen atoms in total. The highest BCUT2D eigenvalue weighted by molar-refractivity contribution is 5.87. The Bertz CT molecular complexity index is 732. The van der Waals surface area contributed by atoms with E-state index < -0.39 is 0 Å². The van der Waals surface area contributed by atoms with Crippen LogP contribution in [0.5, 0.6) is 17.2 Å². The smallest absolute Gasteiger partial charge is 0.231 e. The Labute approximate surface area is 108 Å². The summed E-state index contributed by atoms with van der Waals surface area (Å²) >= 11 is 0. The molecular formula is C15H10O4. The molecule has 1 N–H and O–H groups in total. The first-order valence-electron chi connectivity index (χ1n) is 5.93. The third-order valence-electron chi connectivity index (χ3n) is 3.18. The lowest BCUT2D eigenvalue weighted by atomic mass is 10.1. The monoisotopic (exact) mass is 254 g/mol. The van der Waals surface area contributed by atoms with Crippen molar-refractivity contribution in [2.75, 3.05) is 6.79 Å². The first-order valence-corrected chi connectivity index (χ1v) is 5.93. The number of rotatable bonds is 1. The molecule has 3 aromatic rings. The summed E-state index contributed by atoms with van der Waals surface area (Å²) in [7, 11) is 0. The number of phenols is 1. The lowest BCUT2D eigenvalue weighted by molar-refractivity contribution is 0.174. The van der Waals surface area contributed by atoms with E-state index in [1.54, 1.807) is 18.2 Å². The van der Waals surface area contributed by atoms with Crippen LogP contribution in [0, 0.1) is 0 Å². The van der Waals surface area contributed by atoms with E-state index >= 15 is 0 Å². The first kappa shape index (κ1) is 10.3. The number of benzene rings is 2. The van der Waals surface area contributed by atoms with Crippen molar-refractivity contribution in [1.82, 2.24) is 0 Å². The van der Waals surface area contributed by atoms with Gasteiger partial charge in [0, 0.05) is 11.5 Å². The van der Waals surface area contributed by atoms with Crippen LogP contribution in [0.1, 0.15) is 0 Å². The van der Waals surface area contributed by atoms with E-state index in [0.29, 0.717) is 22.7 Å². The molecule has 0 amide bonds. The molecule has 0 unspecified atom stereocenters. The predicted molar refractivity (Wildman–Crippen MR) is 69.4 cm³/mol. The molecule has 0 saturated carbocycles. The van der Waals surface area contributed by atoms with Crippen LogP contribution >= 0.6 is 0 Å². The maximum absolute atomic E-state index is 9.85. The first-order chi connectivity index (χ1) is 9.31. The zero-order chi connectivity index (χ0) is 12.8. The zero-order valence-electron chi connectivity index (χ0n) is 9.92. The van der Waals surface area contributed by atoms with E-state index in [1.807, 2.05) is 24.3 Å². The van der Waals surface area contributed by atoms with E-state index in [-0.39, 0.29) is 12.5 Å². The standard InChI is InChI=1S/C15H10O4/c16-11-4-2-1-3-10(11)13-5-9-6-14-15(18-8-17-14)7-12(9)19-13/h1-7,16H,8H2. The summed E-state index contributed by atoms with van der Waals surface area (Å²) in [5.41, 5.74) is 1.38. The molecule has 1 aromatic heterocycles. The number of phenolic OH excluding ortho intramolecular Hbond substituents is 1. The van der Waals surface area contributed by atoms with Crippen molar-refractivity contribution >= 4 is 11.0 Å². The molecule has 0 saturated heterocycles. The fourth-order valence-corrected chi connectivity index (χ4v) is 2.24. The average Bonchev–Trinajstić information content (AvgIpc) is 3.01. The van der Waals surface area contributed by atoms with Gasteiger partial charge in [-0.25, -0.2) is 0 Å². The molecule has 1 aliphatic rings. The van der Waals surface area contributed by atoms with E-state index in [1.165, 1.54) is 0 Å². The second-order valence-electron chi connectivity index (χ2n) is 4.37. The number of hydrogen-bond donors (Lipinski definition) is 1. The van der Waals surface area contributed by atoms with Gasteiger partial charge in [-0.05, 0) is 24.3 Å². The number of para-hydroxylation sites is 1. The highest BCUT2D eigenvalue weighted by Crippen LogP contribution is 2.40. The molecule has 1 aliphatic heterocycles. The Morgan fingerprint density at radius 2 is 1.74 bits per heavy atom. The van der Waals surface area contributed by atoms with E-state index in [9.17, 15) is 5.11 Å². The Kier molecular flexibility index (Phi) is 2.00. The average molecular weight is 254 g/mol. The Balaban J connectivity index is 1.91. The number of aromatic hydroxyl groups is 1. The number of furan rings is 1. The van der Waals surface area contributed by atoms with Crippen molar-refractivity contribution < 1.29 is 19.0 Å². The van der Waals surface area contributed by atoms with Crippen molar-refractivity contribution in [3.8, 4) is 28.6 Å². The lowest BCUT2D eigenvalue weighted by Gasteiger charge is -1.98. The van der Waals surface area contributed by atoms with E-state index in [2.05, 4.69) is 0 Å². The predicted octanol–water partition coefficient (Wildman–Crippen LogP) is 3.53. The van der Waals surface area contributed by atoms with Crippen LogP contribution in [0.15, 0.2) is 46.9 Å². The van der Waals surface area contributed by atoms with Gasteiger partial charge >= 0.3 is 0 Å². The summed E-state index contributed by atoms with van der Waals surface area (Å²) in [5.74, 6) is 2.22. The Morgan fingerprint density at radius 1 is 0.947 bits per heavy atom. The summed E-state index contributed by atoms with van der Waals surface area (Å²) in [6.07, 6.45) is 0. The van der Waals surface area contributed by atoms with E-state index in [0.717, 1.165) is 11.1 Å². The van der Waals surface area contributed by atoms with Gasteiger partial charge in [0.25, 0.3) is 0 Å². The van der Waals surface area contributed by atoms with Crippen LogP contribution in [0.3, 0.4) is 0 Å². The molecule has 4 rings (SSSR count). The normalized spacial score (nSPS) is 13.1. The van der Waals surface area contributed by atoms with Crippen LogP contribution in [0.4, 0.5) is 0 Å². The van der Waals surface area contributed by atoms with Crippen molar-refractivity contribution in [3.63, 3.8) is 0 Å². The minimum atomic E-state index is 0.196. The third-order valence-corrected chi connectivity index (χ3v) is 3.18. The SMILES string of the molecule is Oc1ccccc1-c1cc2cc3c(cc2o1)OCO3. The topological polar surface area (TPSA) is 51.8 Å². The van der Waals surface area contributed by atoms with Gasteiger partial charge in [-0.3, -0.25) is 0 Å². The van der Waals surface area contributed by atoms with Crippen LogP contribution in [0.25, 0.3) is 22.3 Å². The molecule has 0 atom stereocenters. The molecule has 0 aliphatic carbocycles. The quantitative estimate of drug-likeness (QED) is 0.721. The second-order valence-corrected chi connectivity index (χ2v) is 4.37. The maximum atomic E-state index is 9.85. The van der Waals surface area contributed by atoms with Crippen molar-refractivity contribution in [1.29, 1.82) is 0 Å². The Hall–Kier alpha value is -2.62. The van der Waals surface area contributed by atoms with Crippen LogP contribution in [-0.4, -0.2) is 11.9 Å². The summed E-state index contributed by atoms with van der Waals surface area (Å²) in [6, 6.07) is 12.6. The van der Waals surface area contributed by atoms with Gasteiger partial charge < -0.3 is 19.0 Å². The number of fused-ring (bicyclic) bond motifs is 2. The maximum Gasteiger partial charge on any atom is 0.231 e. The lowest BCUT2D eigenvalue weighted by Crippen LogP contribution is -1.92. The molecule has 0 fully saturated rings. The van der Waals surface area contributed by atoms with Crippen molar-refractivity contribution in [3.05, 3.63) is 42.5 Å². The molecule has 0 radical (unpaired) electrons. The van der Waals surface area contributed by atoms with Crippen molar-refractivity contribution in [2.45, 2.75) is 0 Å². The van der Waals surface area contributed by atoms with Gasteiger partial charge in [-0.2, -0.15) is 0 Å². The fourth-order valence-electron chi connectivity index (χ4n) is 2.24. The minimum Gasteiger partial charge on any atom is -0.507 e. The van der Waals surface area contributed by atoms with Crippen LogP contribution < -0.4 is 9.47 Å². The Morgan fingerprint density at radius 3 is 2.58 bits per heavy atom. The highest BCUT2D eigenvalue weighted by atomic mass is 16.7. The second kappa shape index (κ2) is 3.68. The van der Waals surface area contributed by atoms with Crippen molar-refractivity contribution in [2.24, 2.45) is 0 Å². The zero-order valence-corrected chi connectivity index (χ0v) is 9.92. The van der Waals surface area contributed by atoms with Gasteiger partial charge in [-0.15, -0.1) is 0 Å². The fraction of sp³-hybridized carbons (Fsp3) is 0.0667. The third kappa shape index (κ3) is 1.53. The minimum absolute atomic E-state index is 0.196. The van der Waals surface area contributed by atoms with Gasteiger partial charge in [0.15, 0.2) is 11.5 Å². The summed E-state index contributed by atoms with van der Waals surface area (Å²) in [4.78, 5) is 0. The highest BCUT2D eigenvalue weighted by Gasteiger charge is 2.17. The van der Waals surface area contributed by atoms with Crippen LogP contribution in [-0.2, 0) is 0 Å². The summed E-state index contributed by atoms with van der Waals surface area (Å²) in [6.45, 7) is 0.244. The summed E-state index contributed by atoms with van der Waals surface area (Å²) < 4.78 is 16.4. The molecule has 2 aromatic carbocycles. The molecule has 4 heteroatoms. The molecule has 2 heterocycles. The molecular weight excluding hydrogens is 244 g/mol. The van der Waals surface area contributed by atoms with Gasteiger partial charge in [0.2, 0.25) is 6.79 Å². The largest absolute Gasteiger partial charge is 0.507 e. The molecule has 0 bridgehead atoms.